The van der Waals surface area contributed by atoms with Crippen LogP contribution in [0.4, 0.5) is 5.82 Å². The standard InChI is InChI=1S/C20H21N5O2S/c1-12-21-6-5-18(23-12)25-9-14(10-25)24-20(26)13-7-15(8-13)27-16-3-2-4-17-19(16)22-11-28-17/h2-6,11,13-15H,7-10H2,1H3,(H,24,26). The van der Waals surface area contributed by atoms with Gasteiger partial charge < -0.3 is 15.0 Å². The van der Waals surface area contributed by atoms with Crippen LogP contribution in [0, 0.1) is 12.8 Å². The second-order valence-corrected chi connectivity index (χ2v) is 8.32. The Kier molecular flexibility index (Phi) is 4.35. The highest BCUT2D eigenvalue weighted by molar-refractivity contribution is 7.16. The van der Waals surface area contributed by atoms with Crippen LogP contribution in [0.25, 0.3) is 10.2 Å². The molecule has 144 valence electrons. The van der Waals surface area contributed by atoms with Crippen molar-refractivity contribution in [3.8, 4) is 5.75 Å². The number of benzene rings is 1. The van der Waals surface area contributed by atoms with E-state index < -0.39 is 0 Å². The van der Waals surface area contributed by atoms with Crippen LogP contribution >= 0.6 is 11.3 Å². The lowest BCUT2D eigenvalue weighted by atomic mass is 9.81. The molecule has 0 unspecified atom stereocenters. The third-order valence-electron chi connectivity index (χ3n) is 5.40. The smallest absolute Gasteiger partial charge is 0.223 e. The summed E-state index contributed by atoms with van der Waals surface area (Å²) in [5.74, 6) is 2.67. The van der Waals surface area contributed by atoms with Gasteiger partial charge in [0.25, 0.3) is 0 Å². The minimum Gasteiger partial charge on any atom is -0.488 e. The topological polar surface area (TPSA) is 80.2 Å². The first kappa shape index (κ1) is 17.4. The van der Waals surface area contributed by atoms with Gasteiger partial charge in [0.1, 0.15) is 29.0 Å². The Morgan fingerprint density at radius 2 is 2.11 bits per heavy atom. The number of nitrogens with zero attached hydrogens (tertiary/aromatic N) is 4. The second kappa shape index (κ2) is 7.01. The number of para-hydroxylation sites is 1. The molecule has 3 aromatic rings. The van der Waals surface area contributed by atoms with Crippen LogP contribution in [0.5, 0.6) is 5.75 Å². The van der Waals surface area contributed by atoms with Crippen molar-refractivity contribution in [1.82, 2.24) is 20.3 Å². The van der Waals surface area contributed by atoms with E-state index in [1.165, 1.54) is 0 Å². The van der Waals surface area contributed by atoms with E-state index >= 15 is 0 Å². The van der Waals surface area contributed by atoms with Gasteiger partial charge in [-0.3, -0.25) is 4.79 Å². The number of ether oxygens (including phenoxy) is 1. The maximum atomic E-state index is 12.5. The lowest BCUT2D eigenvalue weighted by Crippen LogP contribution is -2.61. The molecular formula is C20H21N5O2S. The Balaban J connectivity index is 1.09. The van der Waals surface area contributed by atoms with E-state index in [1.807, 2.05) is 36.7 Å². The van der Waals surface area contributed by atoms with E-state index in [4.69, 9.17) is 4.74 Å². The molecule has 1 saturated heterocycles. The molecule has 7 nitrogen and oxygen atoms in total. The molecule has 0 bridgehead atoms. The molecule has 0 radical (unpaired) electrons. The third-order valence-corrected chi connectivity index (χ3v) is 6.19. The normalized spacial score (nSPS) is 21.8. The number of aryl methyl sites for hydroxylation is 1. The summed E-state index contributed by atoms with van der Waals surface area (Å²) in [7, 11) is 0. The van der Waals surface area contributed by atoms with Gasteiger partial charge >= 0.3 is 0 Å². The lowest BCUT2D eigenvalue weighted by molar-refractivity contribution is -0.131. The molecule has 28 heavy (non-hydrogen) atoms. The molecule has 0 spiro atoms. The van der Waals surface area contributed by atoms with Gasteiger partial charge in [0.15, 0.2) is 0 Å². The average molecular weight is 395 g/mol. The van der Waals surface area contributed by atoms with E-state index in [1.54, 1.807) is 17.5 Å². The van der Waals surface area contributed by atoms with Gasteiger partial charge in [-0.1, -0.05) is 6.07 Å². The average Bonchev–Trinajstić information content (AvgIpc) is 3.09. The van der Waals surface area contributed by atoms with Gasteiger partial charge in [-0.2, -0.15) is 0 Å². The van der Waals surface area contributed by atoms with E-state index in [2.05, 4.69) is 25.2 Å². The van der Waals surface area contributed by atoms with Crippen LogP contribution in [-0.2, 0) is 4.79 Å². The second-order valence-electron chi connectivity index (χ2n) is 7.44. The SMILES string of the molecule is Cc1nccc(N2CC(NC(=O)C3CC(Oc4cccc5scnc45)C3)C2)n1. The summed E-state index contributed by atoms with van der Waals surface area (Å²) in [5.41, 5.74) is 2.74. The number of hydrogen-bond acceptors (Lipinski definition) is 7. The maximum Gasteiger partial charge on any atom is 0.223 e. The van der Waals surface area contributed by atoms with Crippen LogP contribution < -0.4 is 15.0 Å². The van der Waals surface area contributed by atoms with Crippen molar-refractivity contribution in [2.45, 2.75) is 31.9 Å². The first-order valence-electron chi connectivity index (χ1n) is 9.49. The van der Waals surface area contributed by atoms with Crippen molar-refractivity contribution < 1.29 is 9.53 Å². The highest BCUT2D eigenvalue weighted by Gasteiger charge is 2.38. The molecule has 2 fully saturated rings. The monoisotopic (exact) mass is 395 g/mol. The Labute approximate surface area is 166 Å². The van der Waals surface area contributed by atoms with Gasteiger partial charge in [-0.05, 0) is 38.0 Å². The molecule has 1 saturated carbocycles. The molecule has 2 aromatic heterocycles. The number of anilines is 1. The summed E-state index contributed by atoms with van der Waals surface area (Å²) in [4.78, 5) is 27.5. The molecule has 5 rings (SSSR count). The Bertz CT molecular complexity index is 1010. The van der Waals surface area contributed by atoms with Gasteiger partial charge in [0.05, 0.1) is 16.3 Å². The molecule has 1 aliphatic carbocycles. The quantitative estimate of drug-likeness (QED) is 0.715. The van der Waals surface area contributed by atoms with Crippen molar-refractivity contribution in [2.24, 2.45) is 5.92 Å². The van der Waals surface area contributed by atoms with Crippen molar-refractivity contribution in [2.75, 3.05) is 18.0 Å². The number of carbonyl (C=O) groups is 1. The summed E-state index contributed by atoms with van der Waals surface area (Å²) in [6.07, 6.45) is 3.37. The number of fused-ring (bicyclic) bond motifs is 1. The largest absolute Gasteiger partial charge is 0.488 e. The molecule has 3 heterocycles. The molecule has 1 aromatic carbocycles. The van der Waals surface area contributed by atoms with Crippen LogP contribution in [0.2, 0.25) is 0 Å². The molecule has 2 aliphatic rings. The van der Waals surface area contributed by atoms with Gasteiger partial charge in [0, 0.05) is 25.2 Å². The lowest BCUT2D eigenvalue weighted by Gasteiger charge is -2.42. The molecule has 1 amide bonds. The fraction of sp³-hybridized carbons (Fsp3) is 0.400. The van der Waals surface area contributed by atoms with Crippen molar-refractivity contribution in [3.63, 3.8) is 0 Å². The summed E-state index contributed by atoms with van der Waals surface area (Å²) in [5, 5.41) is 3.15. The number of hydrogen-bond donors (Lipinski definition) is 1. The summed E-state index contributed by atoms with van der Waals surface area (Å²) in [6, 6.07) is 8.07. The molecule has 8 heteroatoms. The number of thiazole rings is 1. The Morgan fingerprint density at radius 3 is 2.93 bits per heavy atom. The zero-order chi connectivity index (χ0) is 19.1. The van der Waals surface area contributed by atoms with E-state index in [-0.39, 0.29) is 24.0 Å². The minimum atomic E-state index is 0.0370. The maximum absolute atomic E-state index is 12.5. The van der Waals surface area contributed by atoms with Crippen molar-refractivity contribution in [3.05, 3.63) is 41.8 Å². The fourth-order valence-corrected chi connectivity index (χ4v) is 4.40. The van der Waals surface area contributed by atoms with Gasteiger partial charge in [-0.15, -0.1) is 11.3 Å². The van der Waals surface area contributed by atoms with Crippen LogP contribution in [0.1, 0.15) is 18.7 Å². The summed E-state index contributed by atoms with van der Waals surface area (Å²) < 4.78 is 7.20. The molecular weight excluding hydrogens is 374 g/mol. The van der Waals surface area contributed by atoms with Gasteiger partial charge in [0.2, 0.25) is 5.91 Å². The van der Waals surface area contributed by atoms with Crippen molar-refractivity contribution >= 4 is 33.3 Å². The van der Waals surface area contributed by atoms with E-state index in [0.29, 0.717) is 0 Å². The molecule has 1 N–H and O–H groups in total. The third kappa shape index (κ3) is 3.28. The Morgan fingerprint density at radius 1 is 1.25 bits per heavy atom. The number of rotatable bonds is 5. The molecule has 1 aliphatic heterocycles. The van der Waals surface area contributed by atoms with Crippen LogP contribution in [-0.4, -0.2) is 46.1 Å². The first-order chi connectivity index (χ1) is 13.7. The number of carbonyl (C=O) groups excluding carboxylic acids is 1. The fourth-order valence-electron chi connectivity index (χ4n) is 3.71. The van der Waals surface area contributed by atoms with Gasteiger partial charge in [-0.25, -0.2) is 15.0 Å². The van der Waals surface area contributed by atoms with Crippen LogP contribution in [0.3, 0.4) is 0 Å². The summed E-state index contributed by atoms with van der Waals surface area (Å²) in [6.45, 7) is 3.47. The highest BCUT2D eigenvalue weighted by atomic mass is 32.1. The first-order valence-corrected chi connectivity index (χ1v) is 10.4. The summed E-state index contributed by atoms with van der Waals surface area (Å²) >= 11 is 1.61. The zero-order valence-electron chi connectivity index (χ0n) is 15.5. The Hall–Kier alpha value is -2.74. The predicted molar refractivity (Wildman–Crippen MR) is 108 cm³/mol. The van der Waals surface area contributed by atoms with E-state index in [0.717, 1.165) is 53.5 Å². The minimum absolute atomic E-state index is 0.0370. The van der Waals surface area contributed by atoms with E-state index in [9.17, 15) is 4.79 Å². The molecule has 0 atom stereocenters. The number of nitrogens with one attached hydrogen (secondary N) is 1. The number of aromatic nitrogens is 3. The highest BCUT2D eigenvalue weighted by Crippen LogP contribution is 2.35. The predicted octanol–water partition coefficient (Wildman–Crippen LogP) is 2.56. The zero-order valence-corrected chi connectivity index (χ0v) is 16.4. The number of amides is 1. The van der Waals surface area contributed by atoms with Crippen LogP contribution in [0.15, 0.2) is 36.0 Å². The van der Waals surface area contributed by atoms with Crippen molar-refractivity contribution in [1.29, 1.82) is 0 Å².